The van der Waals surface area contributed by atoms with E-state index in [0.29, 0.717) is 30.9 Å². The number of ether oxygens (including phenoxy) is 1. The third-order valence-corrected chi connectivity index (χ3v) is 7.00. The number of rotatable bonds is 8. The number of thiazole rings is 1. The fourth-order valence-electron chi connectivity index (χ4n) is 3.15. The lowest BCUT2D eigenvalue weighted by atomic mass is 10.1. The highest BCUT2D eigenvalue weighted by molar-refractivity contribution is 7.91. The average molecular weight is 409 g/mol. The highest BCUT2D eigenvalue weighted by Gasteiger charge is 2.34. The van der Waals surface area contributed by atoms with Crippen molar-refractivity contribution in [3.8, 4) is 5.75 Å². The molecule has 1 atom stereocenters. The van der Waals surface area contributed by atoms with Crippen molar-refractivity contribution in [1.29, 1.82) is 0 Å². The summed E-state index contributed by atoms with van der Waals surface area (Å²) < 4.78 is 29.5. The lowest BCUT2D eigenvalue weighted by Crippen LogP contribution is -2.41. The first-order valence-electron chi connectivity index (χ1n) is 9.10. The van der Waals surface area contributed by atoms with Crippen molar-refractivity contribution in [3.63, 3.8) is 0 Å². The minimum absolute atomic E-state index is 0.0580. The molecule has 1 unspecified atom stereocenters. The topological polar surface area (TPSA) is 76.6 Å². The maximum absolute atomic E-state index is 13.1. The number of amides is 1. The summed E-state index contributed by atoms with van der Waals surface area (Å²) in [6, 6.07) is 6.82. The second-order valence-electron chi connectivity index (χ2n) is 6.71. The Balaban J connectivity index is 1.73. The van der Waals surface area contributed by atoms with E-state index in [-0.39, 0.29) is 23.5 Å². The quantitative estimate of drug-likeness (QED) is 0.671. The molecule has 8 heteroatoms. The smallest absolute Gasteiger partial charge is 0.254 e. The second-order valence-corrected chi connectivity index (χ2v) is 9.65. The Labute approximate surface area is 164 Å². The summed E-state index contributed by atoms with van der Waals surface area (Å²) in [7, 11) is -3.05. The zero-order valence-corrected chi connectivity index (χ0v) is 17.0. The number of carbonyl (C=O) groups excluding carboxylic acids is 1. The maximum Gasteiger partial charge on any atom is 0.254 e. The summed E-state index contributed by atoms with van der Waals surface area (Å²) in [5, 5.41) is 1.92. The van der Waals surface area contributed by atoms with Gasteiger partial charge in [-0.3, -0.25) is 4.79 Å². The standard InChI is InChI=1S/C19H24N2O4S2/c1-2-3-8-21(17-7-9-27(23,24)13-17)19(22)15-5-4-6-18(10-15)25-11-16-12-26-14-20-16/h4-6,10,12,14,17H,2-3,7-9,11,13H2,1H3. The van der Waals surface area contributed by atoms with Crippen molar-refractivity contribution in [2.45, 2.75) is 38.8 Å². The van der Waals surface area contributed by atoms with Gasteiger partial charge in [0.1, 0.15) is 12.4 Å². The number of sulfone groups is 1. The molecular weight excluding hydrogens is 384 g/mol. The molecule has 1 saturated heterocycles. The number of benzene rings is 1. The minimum Gasteiger partial charge on any atom is -0.487 e. The second kappa shape index (κ2) is 8.84. The van der Waals surface area contributed by atoms with Crippen LogP contribution >= 0.6 is 11.3 Å². The molecule has 1 amide bonds. The van der Waals surface area contributed by atoms with Crippen molar-refractivity contribution in [2.24, 2.45) is 0 Å². The molecule has 0 N–H and O–H groups in total. The fourth-order valence-corrected chi connectivity index (χ4v) is 5.42. The van der Waals surface area contributed by atoms with Crippen LogP contribution < -0.4 is 4.74 Å². The van der Waals surface area contributed by atoms with Crippen LogP contribution in [-0.4, -0.2) is 48.3 Å². The normalized spacial score (nSPS) is 18.3. The predicted octanol–water partition coefficient (Wildman–Crippen LogP) is 3.15. The molecule has 0 bridgehead atoms. The van der Waals surface area contributed by atoms with Gasteiger partial charge in [0.15, 0.2) is 9.84 Å². The maximum atomic E-state index is 13.1. The molecule has 0 spiro atoms. The zero-order valence-electron chi connectivity index (χ0n) is 15.3. The highest BCUT2D eigenvalue weighted by atomic mass is 32.2. The molecule has 0 aliphatic carbocycles. The molecule has 3 rings (SSSR count). The average Bonchev–Trinajstić information content (AvgIpc) is 3.30. The molecule has 0 saturated carbocycles. The van der Waals surface area contributed by atoms with Gasteiger partial charge in [0, 0.05) is 23.5 Å². The van der Waals surface area contributed by atoms with E-state index in [0.717, 1.165) is 18.5 Å². The van der Waals surface area contributed by atoms with Gasteiger partial charge in [0.25, 0.3) is 5.91 Å². The first kappa shape index (κ1) is 19.8. The molecule has 1 aliphatic rings. The monoisotopic (exact) mass is 408 g/mol. The van der Waals surface area contributed by atoms with Crippen molar-refractivity contribution in [1.82, 2.24) is 9.88 Å². The summed E-state index contributed by atoms with van der Waals surface area (Å²) in [5.74, 6) is 0.681. The summed E-state index contributed by atoms with van der Waals surface area (Å²) in [6.45, 7) is 2.97. The Bertz CT molecular complexity index is 866. The summed E-state index contributed by atoms with van der Waals surface area (Å²) in [5.41, 5.74) is 3.11. The molecule has 1 aromatic heterocycles. The number of aromatic nitrogens is 1. The molecular formula is C19H24N2O4S2. The van der Waals surface area contributed by atoms with E-state index in [9.17, 15) is 13.2 Å². The van der Waals surface area contributed by atoms with E-state index < -0.39 is 9.84 Å². The van der Waals surface area contributed by atoms with E-state index in [1.54, 1.807) is 34.7 Å². The molecule has 1 aromatic carbocycles. The summed E-state index contributed by atoms with van der Waals surface area (Å²) in [4.78, 5) is 19.0. The lowest BCUT2D eigenvalue weighted by Gasteiger charge is -2.28. The van der Waals surface area contributed by atoms with Gasteiger partial charge in [0.05, 0.1) is 22.7 Å². The van der Waals surface area contributed by atoms with Crippen molar-refractivity contribution >= 4 is 27.1 Å². The third kappa shape index (κ3) is 5.29. The number of hydrogen-bond donors (Lipinski definition) is 0. The van der Waals surface area contributed by atoms with Gasteiger partial charge in [-0.1, -0.05) is 19.4 Å². The predicted molar refractivity (Wildman–Crippen MR) is 106 cm³/mol. The SMILES string of the molecule is CCCCN(C(=O)c1cccc(OCc2cscn2)c1)C1CCS(=O)(=O)C1. The van der Waals surface area contributed by atoms with Crippen LogP contribution in [0, 0.1) is 0 Å². The van der Waals surface area contributed by atoms with Crippen LogP contribution in [0.3, 0.4) is 0 Å². The number of hydrogen-bond acceptors (Lipinski definition) is 6. The molecule has 146 valence electrons. The lowest BCUT2D eigenvalue weighted by molar-refractivity contribution is 0.0693. The van der Waals surface area contributed by atoms with Crippen molar-refractivity contribution in [2.75, 3.05) is 18.1 Å². The molecule has 2 aromatic rings. The Kier molecular flexibility index (Phi) is 6.49. The van der Waals surface area contributed by atoms with Gasteiger partial charge in [-0.25, -0.2) is 13.4 Å². The van der Waals surface area contributed by atoms with Gasteiger partial charge in [-0.05, 0) is 31.0 Å². The Hall–Kier alpha value is -1.93. The molecule has 27 heavy (non-hydrogen) atoms. The Morgan fingerprint density at radius 2 is 2.26 bits per heavy atom. The zero-order chi connectivity index (χ0) is 19.3. The largest absolute Gasteiger partial charge is 0.487 e. The van der Waals surface area contributed by atoms with E-state index in [2.05, 4.69) is 11.9 Å². The van der Waals surface area contributed by atoms with Crippen LogP contribution in [0.5, 0.6) is 5.75 Å². The highest BCUT2D eigenvalue weighted by Crippen LogP contribution is 2.23. The van der Waals surface area contributed by atoms with E-state index in [1.165, 1.54) is 11.3 Å². The Morgan fingerprint density at radius 1 is 1.41 bits per heavy atom. The molecule has 1 fully saturated rings. The van der Waals surface area contributed by atoms with E-state index in [1.807, 2.05) is 5.38 Å². The number of nitrogens with zero attached hydrogens (tertiary/aromatic N) is 2. The Morgan fingerprint density at radius 3 is 2.93 bits per heavy atom. The molecule has 0 radical (unpaired) electrons. The first-order chi connectivity index (χ1) is 13.0. The van der Waals surface area contributed by atoms with Crippen molar-refractivity contribution < 1.29 is 17.9 Å². The fraction of sp³-hybridized carbons (Fsp3) is 0.474. The summed E-state index contributed by atoms with van der Waals surface area (Å²) >= 11 is 1.51. The number of unbranched alkanes of at least 4 members (excludes halogenated alkanes) is 1. The van der Waals surface area contributed by atoms with Gasteiger partial charge in [0.2, 0.25) is 0 Å². The summed E-state index contributed by atoms with van der Waals surface area (Å²) in [6.07, 6.45) is 2.31. The molecule has 2 heterocycles. The molecule has 1 aliphatic heterocycles. The minimum atomic E-state index is -3.05. The van der Waals surface area contributed by atoms with E-state index >= 15 is 0 Å². The van der Waals surface area contributed by atoms with Crippen LogP contribution in [0.4, 0.5) is 0 Å². The molecule has 6 nitrogen and oxygen atoms in total. The van der Waals surface area contributed by atoms with E-state index in [4.69, 9.17) is 4.74 Å². The van der Waals surface area contributed by atoms with Crippen LogP contribution in [0.2, 0.25) is 0 Å². The third-order valence-electron chi connectivity index (χ3n) is 4.61. The van der Waals surface area contributed by atoms with Crippen LogP contribution in [0.15, 0.2) is 35.2 Å². The first-order valence-corrected chi connectivity index (χ1v) is 11.9. The van der Waals surface area contributed by atoms with Gasteiger partial charge >= 0.3 is 0 Å². The van der Waals surface area contributed by atoms with Gasteiger partial charge < -0.3 is 9.64 Å². The number of carbonyl (C=O) groups is 1. The van der Waals surface area contributed by atoms with Crippen molar-refractivity contribution in [3.05, 3.63) is 46.4 Å². The van der Waals surface area contributed by atoms with Gasteiger partial charge in [-0.15, -0.1) is 11.3 Å². The van der Waals surface area contributed by atoms with Crippen LogP contribution in [0.1, 0.15) is 42.2 Å². The van der Waals surface area contributed by atoms with Crippen LogP contribution in [0.25, 0.3) is 0 Å². The van der Waals surface area contributed by atoms with Gasteiger partial charge in [-0.2, -0.15) is 0 Å². The van der Waals surface area contributed by atoms with Crippen LogP contribution in [-0.2, 0) is 16.4 Å².